The largest absolute Gasteiger partial charge is 0.493 e. The molecule has 1 heterocycles. The Morgan fingerprint density at radius 2 is 2.20 bits per heavy atom. The molecule has 0 bridgehead atoms. The summed E-state index contributed by atoms with van der Waals surface area (Å²) in [5, 5.41) is 7.41. The highest BCUT2D eigenvalue weighted by Crippen LogP contribution is 2.36. The number of rotatable bonds is 7. The summed E-state index contributed by atoms with van der Waals surface area (Å²) >= 11 is 6.23. The minimum absolute atomic E-state index is 0.156. The summed E-state index contributed by atoms with van der Waals surface area (Å²) in [6.07, 6.45) is 4.75. The number of halogens is 1. The van der Waals surface area contributed by atoms with Crippen LogP contribution in [0.3, 0.4) is 0 Å². The maximum Gasteiger partial charge on any atom is 0.249 e. The van der Waals surface area contributed by atoms with Gasteiger partial charge in [0.05, 0.1) is 24.9 Å². The third-order valence-corrected chi connectivity index (χ3v) is 3.66. The summed E-state index contributed by atoms with van der Waals surface area (Å²) in [6, 6.07) is 5.39. The molecule has 0 saturated carbocycles. The van der Waals surface area contributed by atoms with Crippen LogP contribution in [-0.2, 0) is 4.79 Å². The Kier molecular flexibility index (Phi) is 6.47. The number of ether oxygens (including phenoxy) is 2. The number of methoxy groups -OCH3 is 1. The molecule has 0 radical (unpaired) electrons. The normalized spacial score (nSPS) is 11.1. The molecule has 6 nitrogen and oxygen atoms in total. The monoisotopic (exact) mass is 363 g/mol. The third-order valence-electron chi connectivity index (χ3n) is 3.38. The van der Waals surface area contributed by atoms with Crippen LogP contribution in [0.2, 0.25) is 5.02 Å². The van der Waals surface area contributed by atoms with Crippen LogP contribution in [0, 0.1) is 0 Å². The van der Waals surface area contributed by atoms with Gasteiger partial charge in [-0.3, -0.25) is 4.79 Å². The lowest BCUT2D eigenvalue weighted by molar-refractivity contribution is -0.111. The fourth-order valence-electron chi connectivity index (χ4n) is 2.28. The number of carbonyl (C=O) groups excluding carboxylic acids is 1. The average Bonchev–Trinajstić information content (AvgIpc) is 3.03. The van der Waals surface area contributed by atoms with Crippen LogP contribution in [0.4, 0.5) is 5.82 Å². The predicted octanol–water partition coefficient (Wildman–Crippen LogP) is 4.18. The van der Waals surface area contributed by atoms with Gasteiger partial charge < -0.3 is 14.8 Å². The average molecular weight is 364 g/mol. The second-order valence-electron chi connectivity index (χ2n) is 5.54. The van der Waals surface area contributed by atoms with Gasteiger partial charge >= 0.3 is 0 Å². The van der Waals surface area contributed by atoms with E-state index in [-0.39, 0.29) is 11.9 Å². The third kappa shape index (κ3) is 4.76. The number of anilines is 1. The summed E-state index contributed by atoms with van der Waals surface area (Å²) in [4.78, 5) is 12.1. The van der Waals surface area contributed by atoms with Crippen molar-refractivity contribution in [2.75, 3.05) is 19.0 Å². The van der Waals surface area contributed by atoms with Gasteiger partial charge in [-0.25, -0.2) is 4.68 Å². The first-order valence-corrected chi connectivity index (χ1v) is 8.37. The van der Waals surface area contributed by atoms with Crippen molar-refractivity contribution in [3.8, 4) is 11.5 Å². The minimum Gasteiger partial charge on any atom is -0.493 e. The van der Waals surface area contributed by atoms with Crippen LogP contribution in [0.5, 0.6) is 11.5 Å². The first-order chi connectivity index (χ1) is 12.0. The van der Waals surface area contributed by atoms with Crippen molar-refractivity contribution < 1.29 is 14.3 Å². The molecule has 7 heteroatoms. The van der Waals surface area contributed by atoms with Gasteiger partial charge in [0.25, 0.3) is 0 Å². The lowest BCUT2D eigenvalue weighted by Crippen LogP contribution is -2.14. The summed E-state index contributed by atoms with van der Waals surface area (Å²) in [5.74, 6) is 1.40. The molecular formula is C18H22ClN3O3. The van der Waals surface area contributed by atoms with Crippen LogP contribution in [0.1, 0.15) is 32.4 Å². The number of hydrogen-bond donors (Lipinski definition) is 1. The Labute approximate surface area is 152 Å². The van der Waals surface area contributed by atoms with Crippen LogP contribution < -0.4 is 14.8 Å². The van der Waals surface area contributed by atoms with Gasteiger partial charge in [-0.15, -0.1) is 0 Å². The zero-order valence-corrected chi connectivity index (χ0v) is 15.5. The van der Waals surface area contributed by atoms with E-state index in [1.165, 1.54) is 6.08 Å². The molecule has 0 unspecified atom stereocenters. The Morgan fingerprint density at radius 3 is 2.84 bits per heavy atom. The lowest BCUT2D eigenvalue weighted by Gasteiger charge is -2.12. The van der Waals surface area contributed by atoms with Gasteiger partial charge in [-0.05, 0) is 44.5 Å². The fourth-order valence-corrected chi connectivity index (χ4v) is 2.56. The van der Waals surface area contributed by atoms with Gasteiger partial charge in [0.1, 0.15) is 5.82 Å². The molecule has 134 valence electrons. The molecule has 1 aromatic carbocycles. The molecule has 1 aromatic heterocycles. The Hall–Kier alpha value is -2.47. The standard InChI is InChI=1S/C18H22ClN3O3/c1-5-25-18-14(19)10-13(11-15(18)24-4)6-7-17(23)21-16-8-9-20-22(16)12(2)3/h6-12H,5H2,1-4H3,(H,21,23). The number of hydrogen-bond acceptors (Lipinski definition) is 4. The molecule has 0 aliphatic heterocycles. The molecule has 0 saturated heterocycles. The maximum atomic E-state index is 12.1. The summed E-state index contributed by atoms with van der Waals surface area (Å²) < 4.78 is 12.5. The second-order valence-corrected chi connectivity index (χ2v) is 5.95. The fraction of sp³-hybridized carbons (Fsp3) is 0.333. The Bertz CT molecular complexity index is 769. The number of carbonyl (C=O) groups is 1. The van der Waals surface area contributed by atoms with E-state index in [1.54, 1.807) is 42.3 Å². The van der Waals surface area contributed by atoms with Gasteiger partial charge in [0.15, 0.2) is 11.5 Å². The smallest absolute Gasteiger partial charge is 0.249 e. The van der Waals surface area contributed by atoms with Gasteiger partial charge in [-0.2, -0.15) is 5.10 Å². The summed E-state index contributed by atoms with van der Waals surface area (Å²) in [7, 11) is 1.54. The van der Waals surface area contributed by atoms with E-state index in [0.717, 1.165) is 5.56 Å². The zero-order valence-electron chi connectivity index (χ0n) is 14.7. The van der Waals surface area contributed by atoms with E-state index in [4.69, 9.17) is 21.1 Å². The predicted molar refractivity (Wildman–Crippen MR) is 99.4 cm³/mol. The summed E-state index contributed by atoms with van der Waals surface area (Å²) in [5.41, 5.74) is 0.734. The number of aromatic nitrogens is 2. The van der Waals surface area contributed by atoms with Gasteiger partial charge in [0.2, 0.25) is 5.91 Å². The minimum atomic E-state index is -0.258. The van der Waals surface area contributed by atoms with Crippen molar-refractivity contribution in [1.82, 2.24) is 9.78 Å². The van der Waals surface area contributed by atoms with Crippen molar-refractivity contribution in [1.29, 1.82) is 0 Å². The Morgan fingerprint density at radius 1 is 1.44 bits per heavy atom. The zero-order chi connectivity index (χ0) is 18.4. The first-order valence-electron chi connectivity index (χ1n) is 7.99. The maximum absolute atomic E-state index is 12.1. The number of nitrogens with zero attached hydrogens (tertiary/aromatic N) is 2. The van der Waals surface area contributed by atoms with Gasteiger partial charge in [0, 0.05) is 18.2 Å². The van der Waals surface area contributed by atoms with Crippen molar-refractivity contribution in [3.05, 3.63) is 41.1 Å². The van der Waals surface area contributed by atoms with Crippen LogP contribution in [0.15, 0.2) is 30.5 Å². The van der Waals surface area contributed by atoms with Gasteiger partial charge in [-0.1, -0.05) is 11.6 Å². The SMILES string of the molecule is CCOc1c(Cl)cc(C=CC(=O)Nc2ccnn2C(C)C)cc1OC. The van der Waals surface area contributed by atoms with Crippen molar-refractivity contribution in [2.24, 2.45) is 0 Å². The molecule has 0 fully saturated rings. The highest BCUT2D eigenvalue weighted by Gasteiger charge is 2.11. The van der Waals surface area contributed by atoms with Crippen LogP contribution >= 0.6 is 11.6 Å². The summed E-state index contributed by atoms with van der Waals surface area (Å²) in [6.45, 7) is 6.34. The number of amides is 1. The van der Waals surface area contributed by atoms with Crippen molar-refractivity contribution in [3.63, 3.8) is 0 Å². The topological polar surface area (TPSA) is 65.4 Å². The highest BCUT2D eigenvalue weighted by molar-refractivity contribution is 6.32. The van der Waals surface area contributed by atoms with E-state index in [9.17, 15) is 4.79 Å². The van der Waals surface area contributed by atoms with Crippen molar-refractivity contribution >= 4 is 29.4 Å². The molecule has 2 rings (SSSR count). The molecule has 0 aliphatic rings. The van der Waals surface area contributed by atoms with Crippen LogP contribution in [-0.4, -0.2) is 29.4 Å². The van der Waals surface area contributed by atoms with E-state index >= 15 is 0 Å². The van der Waals surface area contributed by atoms with E-state index < -0.39 is 0 Å². The lowest BCUT2D eigenvalue weighted by atomic mass is 10.2. The highest BCUT2D eigenvalue weighted by atomic mass is 35.5. The molecular weight excluding hydrogens is 342 g/mol. The Balaban J connectivity index is 2.14. The first kappa shape index (κ1) is 18.9. The molecule has 2 aromatic rings. The molecule has 0 atom stereocenters. The number of benzene rings is 1. The molecule has 1 amide bonds. The van der Waals surface area contributed by atoms with E-state index in [0.29, 0.717) is 28.9 Å². The second kappa shape index (κ2) is 8.58. The molecule has 1 N–H and O–H groups in total. The number of nitrogens with one attached hydrogen (secondary N) is 1. The van der Waals surface area contributed by atoms with Crippen LogP contribution in [0.25, 0.3) is 6.08 Å². The molecule has 25 heavy (non-hydrogen) atoms. The molecule has 0 aliphatic carbocycles. The quantitative estimate of drug-likeness (QED) is 0.749. The van der Waals surface area contributed by atoms with Crippen molar-refractivity contribution in [2.45, 2.75) is 26.8 Å². The molecule has 0 spiro atoms. The van der Waals surface area contributed by atoms with E-state index in [1.807, 2.05) is 20.8 Å². The van der Waals surface area contributed by atoms with E-state index in [2.05, 4.69) is 10.4 Å².